The highest BCUT2D eigenvalue weighted by molar-refractivity contribution is 5.97. The molecule has 7 atom stereocenters. The van der Waals surface area contributed by atoms with Crippen LogP contribution in [0.15, 0.2) is 35.5 Å². The lowest BCUT2D eigenvalue weighted by molar-refractivity contribution is -0.168. The third-order valence-electron chi connectivity index (χ3n) is 7.31. The summed E-state index contributed by atoms with van der Waals surface area (Å²) in [6.45, 7) is 17.4. The minimum absolute atomic E-state index is 0.224. The molecule has 9 nitrogen and oxygen atoms in total. The Morgan fingerprint density at radius 3 is 2.06 bits per heavy atom. The van der Waals surface area contributed by atoms with Crippen LogP contribution < -0.4 is 0 Å². The Labute approximate surface area is 211 Å². The number of carbonyl (C=O) groups excluding carboxylic acids is 4. The number of hydrogen-bond acceptors (Lipinski definition) is 9. The molecule has 0 aromatic heterocycles. The highest BCUT2D eigenvalue weighted by atomic mass is 16.7. The Morgan fingerprint density at radius 1 is 1.00 bits per heavy atom. The molecule has 0 radical (unpaired) electrons. The Balaban J connectivity index is 2.01. The SMILES string of the molecule is C=C(C(CC1OC1(C)C)OC(=O)C(C)=CC)[C@@H]1[C@H](OC(=O)/C(C)=C/C)[C@@H]2O[C@]2(C)C(=O)[C@H]1OC(C)=O. The van der Waals surface area contributed by atoms with Crippen LogP contribution in [0, 0.1) is 5.92 Å². The van der Waals surface area contributed by atoms with Gasteiger partial charge in [0.05, 0.1) is 17.6 Å². The van der Waals surface area contributed by atoms with E-state index in [1.165, 1.54) is 6.92 Å². The van der Waals surface area contributed by atoms with Crippen LogP contribution in [0.5, 0.6) is 0 Å². The molecule has 0 N–H and O–H groups in total. The molecule has 0 amide bonds. The summed E-state index contributed by atoms with van der Waals surface area (Å²) in [5, 5.41) is 0. The summed E-state index contributed by atoms with van der Waals surface area (Å²) < 4.78 is 28.5. The lowest BCUT2D eigenvalue weighted by atomic mass is 9.72. The quantitative estimate of drug-likeness (QED) is 0.153. The third kappa shape index (κ3) is 5.32. The molecule has 9 heteroatoms. The van der Waals surface area contributed by atoms with Crippen molar-refractivity contribution < 1.29 is 42.9 Å². The fraction of sp³-hybridized carbons (Fsp3) is 0.630. The highest BCUT2D eigenvalue weighted by Gasteiger charge is 2.72. The predicted molar refractivity (Wildman–Crippen MR) is 129 cm³/mol. The molecule has 0 bridgehead atoms. The average molecular weight is 505 g/mol. The second-order valence-corrected chi connectivity index (χ2v) is 10.3. The molecule has 3 rings (SSSR count). The Hall–Kier alpha value is -2.78. The molecule has 2 aliphatic heterocycles. The number of hydrogen-bond donors (Lipinski definition) is 0. The van der Waals surface area contributed by atoms with Crippen molar-refractivity contribution in [2.45, 2.75) is 104 Å². The minimum Gasteiger partial charge on any atom is -0.455 e. The topological polar surface area (TPSA) is 121 Å². The second kappa shape index (κ2) is 9.94. The molecular weight excluding hydrogens is 468 g/mol. The first-order valence-electron chi connectivity index (χ1n) is 12.1. The zero-order chi connectivity index (χ0) is 27.2. The fourth-order valence-corrected chi connectivity index (χ4v) is 4.48. The summed E-state index contributed by atoms with van der Waals surface area (Å²) >= 11 is 0. The zero-order valence-corrected chi connectivity index (χ0v) is 22.2. The normalized spacial score (nSPS) is 33.7. The molecule has 2 unspecified atom stereocenters. The van der Waals surface area contributed by atoms with Gasteiger partial charge in [0.1, 0.15) is 18.3 Å². The standard InChI is InChI=1S/C27H36O9/c1-10-13(3)24(30)33-17(12-18-26(7,8)35-18)15(5)19-20(32-16(6)28)22(29)27(9)23(36-27)21(19)34-25(31)14(4)11-2/h10-11,17-21,23H,5,12H2,1-4,6-9H3/b13-10?,14-11+/t17?,18?,19-,20-,21-,23-,27+/m0/s1. The van der Waals surface area contributed by atoms with E-state index in [1.54, 1.807) is 46.8 Å². The number of rotatable bonds is 9. The maximum atomic E-state index is 13.4. The number of Topliss-reactive ketones (excluding diaryl/α,β-unsaturated/α-hetero) is 1. The Kier molecular flexibility index (Phi) is 7.67. The van der Waals surface area contributed by atoms with E-state index in [-0.39, 0.29) is 18.1 Å². The number of esters is 3. The molecule has 198 valence electrons. The lowest BCUT2D eigenvalue weighted by Gasteiger charge is -2.38. The Morgan fingerprint density at radius 2 is 1.56 bits per heavy atom. The molecule has 3 aliphatic rings. The molecule has 2 heterocycles. The van der Waals surface area contributed by atoms with Gasteiger partial charge in [0, 0.05) is 24.5 Å². The smallest absolute Gasteiger partial charge is 0.333 e. The molecule has 0 aromatic rings. The summed E-state index contributed by atoms with van der Waals surface area (Å²) in [5.74, 6) is -3.30. The molecule has 1 aliphatic carbocycles. The fourth-order valence-electron chi connectivity index (χ4n) is 4.48. The minimum atomic E-state index is -1.33. The maximum absolute atomic E-state index is 13.4. The van der Waals surface area contributed by atoms with Crippen LogP contribution >= 0.6 is 0 Å². The average Bonchev–Trinajstić information content (AvgIpc) is 3.68. The number of ketones is 1. The van der Waals surface area contributed by atoms with E-state index < -0.39 is 65.2 Å². The summed E-state index contributed by atoms with van der Waals surface area (Å²) in [7, 11) is 0. The Bertz CT molecular complexity index is 1040. The van der Waals surface area contributed by atoms with Gasteiger partial charge in [-0.25, -0.2) is 9.59 Å². The van der Waals surface area contributed by atoms with Gasteiger partial charge in [-0.05, 0) is 54.0 Å². The van der Waals surface area contributed by atoms with Crippen LogP contribution in [0.1, 0.15) is 61.8 Å². The molecule has 1 saturated carbocycles. The first-order chi connectivity index (χ1) is 16.7. The van der Waals surface area contributed by atoms with Crippen molar-refractivity contribution in [1.29, 1.82) is 0 Å². The van der Waals surface area contributed by atoms with Crippen LogP contribution in [-0.4, -0.2) is 65.4 Å². The van der Waals surface area contributed by atoms with Crippen molar-refractivity contribution in [2.24, 2.45) is 5.92 Å². The van der Waals surface area contributed by atoms with Gasteiger partial charge in [-0.15, -0.1) is 0 Å². The van der Waals surface area contributed by atoms with Crippen LogP contribution in [0.2, 0.25) is 0 Å². The monoisotopic (exact) mass is 504 g/mol. The first kappa shape index (κ1) is 27.8. The molecule has 3 fully saturated rings. The van der Waals surface area contributed by atoms with Gasteiger partial charge < -0.3 is 23.7 Å². The lowest BCUT2D eigenvalue weighted by Crippen LogP contribution is -2.56. The van der Waals surface area contributed by atoms with E-state index in [0.717, 1.165) is 0 Å². The number of fused-ring (bicyclic) bond motifs is 1. The molecule has 0 spiro atoms. The van der Waals surface area contributed by atoms with Crippen LogP contribution in [-0.2, 0) is 42.9 Å². The third-order valence-corrected chi connectivity index (χ3v) is 7.31. The maximum Gasteiger partial charge on any atom is 0.333 e. The van der Waals surface area contributed by atoms with Crippen molar-refractivity contribution in [2.75, 3.05) is 0 Å². The molecule has 36 heavy (non-hydrogen) atoms. The van der Waals surface area contributed by atoms with E-state index in [0.29, 0.717) is 11.1 Å². The highest BCUT2D eigenvalue weighted by Crippen LogP contribution is 2.52. The van der Waals surface area contributed by atoms with E-state index in [9.17, 15) is 19.2 Å². The summed E-state index contributed by atoms with van der Waals surface area (Å²) in [4.78, 5) is 50.9. The van der Waals surface area contributed by atoms with Gasteiger partial charge in [-0.2, -0.15) is 0 Å². The number of carbonyl (C=O) groups is 4. The second-order valence-electron chi connectivity index (χ2n) is 10.3. The molecular formula is C27H36O9. The van der Waals surface area contributed by atoms with Crippen molar-refractivity contribution in [3.8, 4) is 0 Å². The number of ether oxygens (including phenoxy) is 5. The first-order valence-corrected chi connectivity index (χ1v) is 12.1. The van der Waals surface area contributed by atoms with E-state index in [2.05, 4.69) is 6.58 Å². The zero-order valence-electron chi connectivity index (χ0n) is 22.2. The van der Waals surface area contributed by atoms with Gasteiger partial charge >= 0.3 is 17.9 Å². The van der Waals surface area contributed by atoms with Crippen LogP contribution in [0.4, 0.5) is 0 Å². The van der Waals surface area contributed by atoms with Crippen molar-refractivity contribution in [1.82, 2.24) is 0 Å². The van der Waals surface area contributed by atoms with Gasteiger partial charge in [0.25, 0.3) is 0 Å². The number of epoxide rings is 2. The van der Waals surface area contributed by atoms with Gasteiger partial charge in [-0.3, -0.25) is 9.59 Å². The summed E-state index contributed by atoms with van der Waals surface area (Å²) in [6.07, 6.45) is -0.713. The van der Waals surface area contributed by atoms with Crippen LogP contribution in [0.3, 0.4) is 0 Å². The van der Waals surface area contributed by atoms with Crippen LogP contribution in [0.25, 0.3) is 0 Å². The van der Waals surface area contributed by atoms with Crippen molar-refractivity contribution in [3.05, 3.63) is 35.5 Å². The molecule has 0 aromatic carbocycles. The van der Waals surface area contributed by atoms with E-state index in [1.807, 2.05) is 13.8 Å². The number of allylic oxidation sites excluding steroid dienone is 2. The van der Waals surface area contributed by atoms with E-state index in [4.69, 9.17) is 23.7 Å². The van der Waals surface area contributed by atoms with Gasteiger partial charge in [0.15, 0.2) is 11.7 Å². The predicted octanol–water partition coefficient (Wildman–Crippen LogP) is 3.15. The van der Waals surface area contributed by atoms with E-state index >= 15 is 0 Å². The van der Waals surface area contributed by atoms with Crippen molar-refractivity contribution in [3.63, 3.8) is 0 Å². The molecule has 2 saturated heterocycles. The largest absolute Gasteiger partial charge is 0.455 e. The summed E-state index contributed by atoms with van der Waals surface area (Å²) in [6, 6.07) is 0. The van der Waals surface area contributed by atoms with Gasteiger partial charge in [0.2, 0.25) is 5.78 Å². The van der Waals surface area contributed by atoms with Gasteiger partial charge in [-0.1, -0.05) is 18.7 Å². The summed E-state index contributed by atoms with van der Waals surface area (Å²) in [5.41, 5.74) is -0.634. The van der Waals surface area contributed by atoms with Crippen molar-refractivity contribution >= 4 is 23.7 Å².